The number of phenolic OH excluding ortho intramolecular Hbond substituents is 4. The lowest BCUT2D eigenvalue weighted by Crippen LogP contribution is -2.15. The Kier molecular flexibility index (Phi) is 8.75. The molecule has 4 aromatic carbocycles. The van der Waals surface area contributed by atoms with E-state index >= 15 is 0 Å². The molecule has 4 N–H and O–H groups in total. The smallest absolute Gasteiger partial charge is 0.237 e. The van der Waals surface area contributed by atoms with Crippen LogP contribution >= 0.6 is 0 Å². The molecule has 44 heavy (non-hydrogen) atoms. The summed E-state index contributed by atoms with van der Waals surface area (Å²) in [4.78, 5) is 51.6. The third-order valence-electron chi connectivity index (χ3n) is 6.71. The van der Waals surface area contributed by atoms with Crippen molar-refractivity contribution in [3.63, 3.8) is 0 Å². The van der Waals surface area contributed by atoms with Gasteiger partial charge in [0.05, 0.1) is 39.6 Å². The molecule has 0 aliphatic heterocycles. The zero-order valence-electron chi connectivity index (χ0n) is 23.8. The molecule has 0 aliphatic carbocycles. The molecule has 0 saturated heterocycles. The van der Waals surface area contributed by atoms with Gasteiger partial charge in [-0.05, 0) is 60.7 Å². The van der Waals surface area contributed by atoms with Crippen LogP contribution in [0.1, 0.15) is 41.4 Å². The molecular weight excluding hydrogens is 576 g/mol. The van der Waals surface area contributed by atoms with Gasteiger partial charge in [-0.1, -0.05) is 0 Å². The maximum atomic E-state index is 13.0. The predicted octanol–water partition coefficient (Wildman–Crippen LogP) is 4.34. The van der Waals surface area contributed by atoms with Crippen molar-refractivity contribution in [2.24, 2.45) is 0 Å². The molecule has 0 heterocycles. The first-order valence-electron chi connectivity index (χ1n) is 12.7. The lowest BCUT2D eigenvalue weighted by atomic mass is 9.94. The van der Waals surface area contributed by atoms with Crippen molar-refractivity contribution in [3.8, 4) is 57.1 Å². The van der Waals surface area contributed by atoms with E-state index in [9.17, 15) is 39.6 Å². The maximum Gasteiger partial charge on any atom is 0.237 e. The number of phenols is 4. The summed E-state index contributed by atoms with van der Waals surface area (Å²) < 4.78 is 20.5. The SMILES string of the molecule is COc1ccc(C(=O)C(=O)c2cc(O)c(-c3cc(O)c(C(=O)C(=O)c4ccc(OC)c(OC)c4)cc3O)cc2O)cc1OC. The van der Waals surface area contributed by atoms with E-state index in [4.69, 9.17) is 18.9 Å². The largest absolute Gasteiger partial charge is 0.507 e. The molecule has 0 radical (unpaired) electrons. The standard InChI is InChI=1S/C32H26O12/c1-41-25-7-5-15(9-27(25)43-3)29(37)31(39)19-13-21(33)17(11-23(19)35)18-12-24(36)20(14-22(18)34)32(40)30(38)16-6-8-26(42-2)28(10-16)44-4/h5-14,33-36H,1-4H3. The number of carbonyl (C=O) groups excluding carboxylic acids is 4. The van der Waals surface area contributed by atoms with Gasteiger partial charge >= 0.3 is 0 Å². The zero-order valence-corrected chi connectivity index (χ0v) is 23.8. The molecule has 12 nitrogen and oxygen atoms in total. The number of ketones is 4. The fourth-order valence-electron chi connectivity index (χ4n) is 4.41. The van der Waals surface area contributed by atoms with Gasteiger partial charge in [0, 0.05) is 22.3 Å². The van der Waals surface area contributed by atoms with Crippen molar-refractivity contribution < 1.29 is 58.6 Å². The number of methoxy groups -OCH3 is 4. The Bertz CT molecular complexity index is 1690. The van der Waals surface area contributed by atoms with Gasteiger partial charge in [0.2, 0.25) is 23.1 Å². The van der Waals surface area contributed by atoms with Gasteiger partial charge in [-0.15, -0.1) is 0 Å². The molecule has 12 heteroatoms. The van der Waals surface area contributed by atoms with Gasteiger partial charge < -0.3 is 39.4 Å². The van der Waals surface area contributed by atoms with E-state index in [1.165, 1.54) is 64.8 Å². The first-order valence-corrected chi connectivity index (χ1v) is 12.7. The highest BCUT2D eigenvalue weighted by molar-refractivity contribution is 6.50. The van der Waals surface area contributed by atoms with E-state index in [1.807, 2.05) is 0 Å². The fourth-order valence-corrected chi connectivity index (χ4v) is 4.41. The summed E-state index contributed by atoms with van der Waals surface area (Å²) in [5.41, 5.74) is -1.72. The zero-order chi connectivity index (χ0) is 32.3. The number of rotatable bonds is 11. The van der Waals surface area contributed by atoms with Crippen LogP contribution < -0.4 is 18.9 Å². The summed E-state index contributed by atoms with van der Waals surface area (Å²) >= 11 is 0. The predicted molar refractivity (Wildman–Crippen MR) is 155 cm³/mol. The minimum absolute atomic E-state index is 0.0685. The van der Waals surface area contributed by atoms with Crippen molar-refractivity contribution in [2.75, 3.05) is 28.4 Å². The number of benzene rings is 4. The van der Waals surface area contributed by atoms with Gasteiger partial charge in [0.25, 0.3) is 0 Å². The van der Waals surface area contributed by atoms with Gasteiger partial charge in [-0.3, -0.25) is 19.2 Å². The molecule has 0 unspecified atom stereocenters. The Balaban J connectivity index is 1.65. The van der Waals surface area contributed by atoms with Gasteiger partial charge in [0.15, 0.2) is 23.0 Å². The van der Waals surface area contributed by atoms with Crippen LogP contribution in [0.15, 0.2) is 60.7 Å². The van der Waals surface area contributed by atoms with E-state index in [0.717, 1.165) is 24.3 Å². The molecule has 0 fully saturated rings. The molecule has 0 amide bonds. The second-order valence-corrected chi connectivity index (χ2v) is 9.23. The average Bonchev–Trinajstić information content (AvgIpc) is 3.04. The third-order valence-corrected chi connectivity index (χ3v) is 6.71. The molecule has 0 aromatic heterocycles. The summed E-state index contributed by atoms with van der Waals surface area (Å²) in [6, 6.07) is 11.5. The summed E-state index contributed by atoms with van der Waals surface area (Å²) in [7, 11) is 5.50. The van der Waals surface area contributed by atoms with Gasteiger partial charge in [-0.25, -0.2) is 0 Å². The normalized spacial score (nSPS) is 10.5. The van der Waals surface area contributed by atoms with E-state index in [-0.39, 0.29) is 33.8 Å². The topological polar surface area (TPSA) is 186 Å². The highest BCUT2D eigenvalue weighted by Crippen LogP contribution is 2.42. The van der Waals surface area contributed by atoms with Crippen molar-refractivity contribution >= 4 is 23.1 Å². The number of ether oxygens (including phenoxy) is 4. The first kappa shape index (κ1) is 30.9. The summed E-state index contributed by atoms with van der Waals surface area (Å²) in [6.45, 7) is 0. The average molecular weight is 603 g/mol. The van der Waals surface area contributed by atoms with Gasteiger partial charge in [-0.2, -0.15) is 0 Å². The lowest BCUT2D eigenvalue weighted by molar-refractivity contribution is 0.0814. The number of Topliss-reactive ketones (excluding diaryl/α,β-unsaturated/α-hetero) is 4. The molecule has 0 atom stereocenters. The molecular formula is C32H26O12. The Morgan fingerprint density at radius 1 is 0.432 bits per heavy atom. The van der Waals surface area contributed by atoms with Crippen LogP contribution in [0.4, 0.5) is 0 Å². The molecule has 226 valence electrons. The minimum atomic E-state index is -1.15. The van der Waals surface area contributed by atoms with E-state index in [1.54, 1.807) is 0 Å². The number of carbonyl (C=O) groups is 4. The highest BCUT2D eigenvalue weighted by Gasteiger charge is 2.27. The van der Waals surface area contributed by atoms with Crippen LogP contribution in [0, 0.1) is 0 Å². The molecule has 0 bridgehead atoms. The van der Waals surface area contributed by atoms with Crippen molar-refractivity contribution in [1.82, 2.24) is 0 Å². The molecule has 0 saturated carbocycles. The monoisotopic (exact) mass is 602 g/mol. The van der Waals surface area contributed by atoms with Gasteiger partial charge in [0.1, 0.15) is 23.0 Å². The van der Waals surface area contributed by atoms with Crippen LogP contribution in [-0.4, -0.2) is 72.0 Å². The lowest BCUT2D eigenvalue weighted by Gasteiger charge is -2.13. The van der Waals surface area contributed by atoms with Crippen LogP contribution in [0.25, 0.3) is 11.1 Å². The quantitative estimate of drug-likeness (QED) is 0.108. The molecule has 0 aliphatic rings. The summed E-state index contributed by atoms with van der Waals surface area (Å²) in [6.07, 6.45) is 0. The van der Waals surface area contributed by atoms with E-state index < -0.39 is 57.3 Å². The van der Waals surface area contributed by atoms with E-state index in [0.29, 0.717) is 11.5 Å². The fraction of sp³-hybridized carbons (Fsp3) is 0.125. The molecule has 4 aromatic rings. The number of hydrogen-bond donors (Lipinski definition) is 4. The Labute approximate surface area is 250 Å². The Morgan fingerprint density at radius 2 is 0.773 bits per heavy atom. The second-order valence-electron chi connectivity index (χ2n) is 9.23. The highest BCUT2D eigenvalue weighted by atomic mass is 16.5. The number of hydrogen-bond acceptors (Lipinski definition) is 12. The van der Waals surface area contributed by atoms with Crippen LogP contribution in [0.2, 0.25) is 0 Å². The summed E-state index contributed by atoms with van der Waals surface area (Å²) in [5, 5.41) is 42.6. The Hall–Kier alpha value is -6.04. The maximum absolute atomic E-state index is 13.0. The van der Waals surface area contributed by atoms with Crippen molar-refractivity contribution in [1.29, 1.82) is 0 Å². The van der Waals surface area contributed by atoms with Crippen molar-refractivity contribution in [2.45, 2.75) is 0 Å². The number of aromatic hydroxyl groups is 4. The summed E-state index contributed by atoms with van der Waals surface area (Å²) in [5.74, 6) is -6.07. The Morgan fingerprint density at radius 3 is 1.09 bits per heavy atom. The first-order chi connectivity index (χ1) is 20.9. The van der Waals surface area contributed by atoms with Crippen LogP contribution in [-0.2, 0) is 0 Å². The third kappa shape index (κ3) is 5.68. The van der Waals surface area contributed by atoms with Crippen LogP contribution in [0.3, 0.4) is 0 Å². The minimum Gasteiger partial charge on any atom is -0.507 e. The van der Waals surface area contributed by atoms with Crippen LogP contribution in [0.5, 0.6) is 46.0 Å². The van der Waals surface area contributed by atoms with Crippen molar-refractivity contribution in [3.05, 3.63) is 82.9 Å². The molecule has 0 spiro atoms. The second kappa shape index (κ2) is 12.4. The molecule has 4 rings (SSSR count). The van der Waals surface area contributed by atoms with E-state index in [2.05, 4.69) is 0 Å².